The van der Waals surface area contributed by atoms with Crippen LogP contribution in [0.15, 0.2) is 6.20 Å². The molecule has 0 aromatic carbocycles. The fourth-order valence-corrected chi connectivity index (χ4v) is 2.88. The Morgan fingerprint density at radius 3 is 2.81 bits per heavy atom. The number of hydrogen-bond donors (Lipinski definition) is 1. The molecule has 1 atom stereocenters. The smallest absolute Gasteiger partial charge is 0.317 e. The van der Waals surface area contributed by atoms with E-state index in [0.29, 0.717) is 5.92 Å². The van der Waals surface area contributed by atoms with Gasteiger partial charge in [-0.2, -0.15) is 0 Å². The van der Waals surface area contributed by atoms with Crippen LogP contribution in [0.25, 0.3) is 0 Å². The van der Waals surface area contributed by atoms with E-state index >= 15 is 0 Å². The molecule has 1 aromatic heterocycles. The Kier molecular flexibility index (Phi) is 4.59. The van der Waals surface area contributed by atoms with E-state index in [4.69, 9.17) is 0 Å². The fourth-order valence-electron chi connectivity index (χ4n) is 2.88. The Bertz CT molecular complexity index is 501. The number of hydrogen-bond acceptors (Lipinski definition) is 2. The first-order valence-corrected chi connectivity index (χ1v) is 7.91. The summed E-state index contributed by atoms with van der Waals surface area (Å²) >= 11 is 0. The van der Waals surface area contributed by atoms with Gasteiger partial charge in [0.05, 0.1) is 0 Å². The third-order valence-corrected chi connectivity index (χ3v) is 3.86. The third kappa shape index (κ3) is 3.77. The van der Waals surface area contributed by atoms with Crippen LogP contribution in [0.3, 0.4) is 0 Å². The molecule has 5 heteroatoms. The molecule has 1 aliphatic rings. The summed E-state index contributed by atoms with van der Waals surface area (Å²) in [5.41, 5.74) is 1.02. The second kappa shape index (κ2) is 6.08. The van der Waals surface area contributed by atoms with E-state index < -0.39 is 0 Å². The summed E-state index contributed by atoms with van der Waals surface area (Å²) in [5, 5.41) is 3.04. The summed E-state index contributed by atoms with van der Waals surface area (Å²) in [7, 11) is 0. The van der Waals surface area contributed by atoms with Crippen molar-refractivity contribution < 1.29 is 4.79 Å². The summed E-state index contributed by atoms with van der Waals surface area (Å²) < 4.78 is 2.30. The minimum Gasteiger partial charge on any atom is -0.333 e. The van der Waals surface area contributed by atoms with Gasteiger partial charge in [-0.3, -0.25) is 0 Å². The highest BCUT2D eigenvalue weighted by Crippen LogP contribution is 2.27. The molecule has 1 N–H and O–H groups in total. The Balaban J connectivity index is 2.04. The van der Waals surface area contributed by atoms with Gasteiger partial charge in [-0.15, -0.1) is 0 Å². The fraction of sp³-hybridized carbons (Fsp3) is 0.750. The molecule has 0 radical (unpaired) electrons. The highest BCUT2D eigenvalue weighted by Gasteiger charge is 2.31. The predicted octanol–water partition coefficient (Wildman–Crippen LogP) is 2.90. The molecule has 5 nitrogen and oxygen atoms in total. The minimum atomic E-state index is -0.188. The predicted molar refractivity (Wildman–Crippen MR) is 84.5 cm³/mol. The second-order valence-corrected chi connectivity index (χ2v) is 7.02. The van der Waals surface area contributed by atoms with Crippen molar-refractivity contribution in [3.05, 3.63) is 17.7 Å². The Hall–Kier alpha value is -1.52. The van der Waals surface area contributed by atoms with Gasteiger partial charge in [0, 0.05) is 43.0 Å². The van der Waals surface area contributed by atoms with Crippen LogP contribution in [0, 0.1) is 6.92 Å². The van der Waals surface area contributed by atoms with E-state index in [-0.39, 0.29) is 11.6 Å². The molecule has 1 saturated heterocycles. The molecule has 0 bridgehead atoms. The van der Waals surface area contributed by atoms with Crippen molar-refractivity contribution in [2.24, 2.45) is 0 Å². The number of likely N-dealkylation sites (tertiary alicyclic amines) is 1. The highest BCUT2D eigenvalue weighted by molar-refractivity contribution is 5.75. The van der Waals surface area contributed by atoms with Crippen LogP contribution in [-0.4, -0.2) is 39.1 Å². The number of imidazole rings is 1. The SMILES string of the molecule is CCCn1c(C)cnc1C1CCN(C(=O)NC(C)(C)C)C1. The van der Waals surface area contributed by atoms with E-state index in [1.165, 1.54) is 5.69 Å². The number of aryl methyl sites for hydroxylation is 1. The van der Waals surface area contributed by atoms with Gasteiger partial charge in [0.25, 0.3) is 0 Å². The normalized spacial score (nSPS) is 19.1. The zero-order valence-electron chi connectivity index (χ0n) is 13.9. The first-order chi connectivity index (χ1) is 9.81. The van der Waals surface area contributed by atoms with E-state index in [1.54, 1.807) is 0 Å². The average Bonchev–Trinajstić information content (AvgIpc) is 2.96. The zero-order valence-corrected chi connectivity index (χ0v) is 13.9. The highest BCUT2D eigenvalue weighted by atomic mass is 16.2. The molecule has 2 amide bonds. The molecule has 2 heterocycles. The number of urea groups is 1. The van der Waals surface area contributed by atoms with Gasteiger partial charge in [0.2, 0.25) is 0 Å². The van der Waals surface area contributed by atoms with E-state index in [0.717, 1.165) is 38.3 Å². The van der Waals surface area contributed by atoms with Gasteiger partial charge in [0.1, 0.15) is 5.82 Å². The lowest BCUT2D eigenvalue weighted by atomic mass is 10.1. The second-order valence-electron chi connectivity index (χ2n) is 7.02. The maximum atomic E-state index is 12.2. The standard InChI is InChI=1S/C16H28N4O/c1-6-8-20-12(2)10-17-14(20)13-7-9-19(11-13)15(21)18-16(3,4)5/h10,13H,6-9,11H2,1-5H3,(H,18,21). The number of carbonyl (C=O) groups is 1. The number of amides is 2. The number of nitrogens with zero attached hydrogens (tertiary/aromatic N) is 3. The lowest BCUT2D eigenvalue weighted by Crippen LogP contribution is -2.47. The minimum absolute atomic E-state index is 0.0373. The quantitative estimate of drug-likeness (QED) is 0.931. The van der Waals surface area contributed by atoms with Crippen molar-refractivity contribution in [3.63, 3.8) is 0 Å². The maximum Gasteiger partial charge on any atom is 0.317 e. The van der Waals surface area contributed by atoms with Gasteiger partial charge in [-0.25, -0.2) is 9.78 Å². The summed E-state index contributed by atoms with van der Waals surface area (Å²) in [5.74, 6) is 1.50. The van der Waals surface area contributed by atoms with E-state index in [2.05, 4.69) is 28.7 Å². The molecule has 1 unspecified atom stereocenters. The first-order valence-electron chi connectivity index (χ1n) is 7.91. The van der Waals surface area contributed by atoms with Crippen LogP contribution in [0.1, 0.15) is 58.0 Å². The summed E-state index contributed by atoms with van der Waals surface area (Å²) in [6, 6.07) is 0.0373. The van der Waals surface area contributed by atoms with Crippen LogP contribution < -0.4 is 5.32 Å². The lowest BCUT2D eigenvalue weighted by Gasteiger charge is -2.25. The van der Waals surface area contributed by atoms with Crippen LogP contribution in [0.2, 0.25) is 0 Å². The van der Waals surface area contributed by atoms with E-state index in [9.17, 15) is 4.79 Å². The van der Waals surface area contributed by atoms with Crippen molar-refractivity contribution >= 4 is 6.03 Å². The molecule has 21 heavy (non-hydrogen) atoms. The van der Waals surface area contributed by atoms with Gasteiger partial charge < -0.3 is 14.8 Å². The van der Waals surface area contributed by atoms with Crippen molar-refractivity contribution in [1.29, 1.82) is 0 Å². The van der Waals surface area contributed by atoms with Crippen molar-refractivity contribution in [2.45, 2.75) is 65.5 Å². The maximum absolute atomic E-state index is 12.2. The molecular formula is C16H28N4O. The van der Waals surface area contributed by atoms with Gasteiger partial charge in [-0.05, 0) is 40.5 Å². The number of aromatic nitrogens is 2. The van der Waals surface area contributed by atoms with Gasteiger partial charge in [0.15, 0.2) is 0 Å². The third-order valence-electron chi connectivity index (χ3n) is 3.86. The van der Waals surface area contributed by atoms with Crippen molar-refractivity contribution in [2.75, 3.05) is 13.1 Å². The van der Waals surface area contributed by atoms with Crippen molar-refractivity contribution in [1.82, 2.24) is 19.8 Å². The van der Waals surface area contributed by atoms with E-state index in [1.807, 2.05) is 31.9 Å². The van der Waals surface area contributed by atoms with Crippen LogP contribution in [0.4, 0.5) is 4.79 Å². The van der Waals surface area contributed by atoms with Crippen molar-refractivity contribution in [3.8, 4) is 0 Å². The van der Waals surface area contributed by atoms with Crippen LogP contribution >= 0.6 is 0 Å². The molecule has 118 valence electrons. The molecule has 2 rings (SSSR count). The molecule has 1 fully saturated rings. The van der Waals surface area contributed by atoms with Crippen LogP contribution in [0.5, 0.6) is 0 Å². The Morgan fingerprint density at radius 1 is 1.48 bits per heavy atom. The van der Waals surface area contributed by atoms with Gasteiger partial charge >= 0.3 is 6.03 Å². The topological polar surface area (TPSA) is 50.2 Å². The summed E-state index contributed by atoms with van der Waals surface area (Å²) in [4.78, 5) is 18.7. The lowest BCUT2D eigenvalue weighted by molar-refractivity contribution is 0.198. The Morgan fingerprint density at radius 2 is 2.19 bits per heavy atom. The van der Waals surface area contributed by atoms with Gasteiger partial charge in [-0.1, -0.05) is 6.92 Å². The molecule has 0 spiro atoms. The molecule has 1 aromatic rings. The largest absolute Gasteiger partial charge is 0.333 e. The molecule has 0 saturated carbocycles. The van der Waals surface area contributed by atoms with Crippen LogP contribution in [-0.2, 0) is 6.54 Å². The molecule has 1 aliphatic heterocycles. The monoisotopic (exact) mass is 292 g/mol. The summed E-state index contributed by atoms with van der Waals surface area (Å²) in [6.45, 7) is 12.9. The Labute approximate surface area is 127 Å². The number of carbonyl (C=O) groups excluding carboxylic acids is 1. The number of nitrogens with one attached hydrogen (secondary N) is 1. The average molecular weight is 292 g/mol. The first kappa shape index (κ1) is 15.9. The number of rotatable bonds is 3. The molecule has 0 aliphatic carbocycles. The molecular weight excluding hydrogens is 264 g/mol. The zero-order chi connectivity index (χ0) is 15.6. The summed E-state index contributed by atoms with van der Waals surface area (Å²) in [6.07, 6.45) is 4.05.